The summed E-state index contributed by atoms with van der Waals surface area (Å²) in [6.07, 6.45) is 0.422. The third-order valence-electron chi connectivity index (χ3n) is 3.37. The first kappa shape index (κ1) is 13.7. The number of hydrogen-bond acceptors (Lipinski definition) is 1. The highest BCUT2D eigenvalue weighted by molar-refractivity contribution is 5.31. The highest BCUT2D eigenvalue weighted by Crippen LogP contribution is 2.23. The molecule has 0 aliphatic carbocycles. The van der Waals surface area contributed by atoms with Gasteiger partial charge >= 0.3 is 0 Å². The second kappa shape index (κ2) is 5.93. The Morgan fingerprint density at radius 1 is 1.05 bits per heavy atom. The van der Waals surface area contributed by atoms with Gasteiger partial charge in [0.1, 0.15) is 0 Å². The Morgan fingerprint density at radius 2 is 1.79 bits per heavy atom. The first-order valence-corrected chi connectivity index (χ1v) is 6.29. The summed E-state index contributed by atoms with van der Waals surface area (Å²) in [4.78, 5) is 0. The van der Waals surface area contributed by atoms with Gasteiger partial charge in [0.15, 0.2) is 11.6 Å². The van der Waals surface area contributed by atoms with Crippen LogP contribution in [0.25, 0.3) is 0 Å². The quantitative estimate of drug-likeness (QED) is 0.883. The third-order valence-corrected chi connectivity index (χ3v) is 3.37. The predicted molar refractivity (Wildman–Crippen MR) is 73.0 cm³/mol. The molecule has 1 nitrogen and oxygen atoms in total. The normalized spacial score (nSPS) is 12.4. The first-order chi connectivity index (χ1) is 9.13. The summed E-state index contributed by atoms with van der Waals surface area (Å²) in [7, 11) is 1.83. The van der Waals surface area contributed by atoms with Gasteiger partial charge in [0.2, 0.25) is 0 Å². The highest BCUT2D eigenvalue weighted by atomic mass is 19.2. The second-order valence-electron chi connectivity index (χ2n) is 4.61. The van der Waals surface area contributed by atoms with Crippen LogP contribution in [0.4, 0.5) is 8.78 Å². The Kier molecular flexibility index (Phi) is 4.27. The number of likely N-dealkylation sites (N-methyl/N-ethyl adjacent to an activating group) is 1. The van der Waals surface area contributed by atoms with E-state index in [1.165, 1.54) is 6.07 Å². The molecular formula is C16H17F2N. The smallest absolute Gasteiger partial charge is 0.162 e. The van der Waals surface area contributed by atoms with Crippen molar-refractivity contribution in [1.82, 2.24) is 5.32 Å². The van der Waals surface area contributed by atoms with Crippen molar-refractivity contribution in [2.75, 3.05) is 7.05 Å². The van der Waals surface area contributed by atoms with Crippen LogP contribution in [0.2, 0.25) is 0 Å². The number of nitrogens with one attached hydrogen (secondary N) is 1. The van der Waals surface area contributed by atoms with E-state index in [2.05, 4.69) is 5.32 Å². The summed E-state index contributed by atoms with van der Waals surface area (Å²) < 4.78 is 26.9. The average Bonchev–Trinajstić information content (AvgIpc) is 2.41. The van der Waals surface area contributed by atoms with Crippen molar-refractivity contribution in [1.29, 1.82) is 0 Å². The van der Waals surface area contributed by atoms with Crippen LogP contribution < -0.4 is 5.32 Å². The molecule has 19 heavy (non-hydrogen) atoms. The van der Waals surface area contributed by atoms with Crippen LogP contribution in [-0.4, -0.2) is 7.05 Å². The van der Waals surface area contributed by atoms with Crippen molar-refractivity contribution >= 4 is 0 Å². The Morgan fingerprint density at radius 3 is 2.47 bits per heavy atom. The topological polar surface area (TPSA) is 12.0 Å². The zero-order chi connectivity index (χ0) is 13.8. The van der Waals surface area contributed by atoms with E-state index < -0.39 is 11.6 Å². The molecule has 2 aromatic carbocycles. The van der Waals surface area contributed by atoms with Crippen molar-refractivity contribution in [3.8, 4) is 0 Å². The zero-order valence-electron chi connectivity index (χ0n) is 11.1. The van der Waals surface area contributed by atoms with Gasteiger partial charge in [-0.1, -0.05) is 36.4 Å². The van der Waals surface area contributed by atoms with Crippen LogP contribution in [0.5, 0.6) is 0 Å². The third kappa shape index (κ3) is 2.99. The van der Waals surface area contributed by atoms with Gasteiger partial charge in [0.05, 0.1) is 0 Å². The van der Waals surface area contributed by atoms with Gasteiger partial charge in [0, 0.05) is 6.04 Å². The molecule has 1 N–H and O–H groups in total. The van der Waals surface area contributed by atoms with Crippen molar-refractivity contribution in [2.24, 2.45) is 0 Å². The summed E-state index contributed by atoms with van der Waals surface area (Å²) >= 11 is 0. The Labute approximate surface area is 112 Å². The first-order valence-electron chi connectivity index (χ1n) is 6.29. The highest BCUT2D eigenvalue weighted by Gasteiger charge is 2.16. The van der Waals surface area contributed by atoms with Gasteiger partial charge in [-0.15, -0.1) is 0 Å². The van der Waals surface area contributed by atoms with Gasteiger partial charge in [0.25, 0.3) is 0 Å². The zero-order valence-corrected chi connectivity index (χ0v) is 11.1. The van der Waals surface area contributed by atoms with Crippen LogP contribution in [0.15, 0.2) is 42.5 Å². The summed E-state index contributed by atoms with van der Waals surface area (Å²) in [6, 6.07) is 12.2. The Hall–Kier alpha value is -1.74. The minimum Gasteiger partial charge on any atom is -0.313 e. The molecule has 1 atom stereocenters. The molecule has 0 spiro atoms. The summed E-state index contributed by atoms with van der Waals surface area (Å²) in [5.74, 6) is -1.55. The van der Waals surface area contributed by atoms with E-state index in [9.17, 15) is 8.78 Å². The number of halogens is 2. The molecule has 0 fully saturated rings. The largest absolute Gasteiger partial charge is 0.313 e. The van der Waals surface area contributed by atoms with Gasteiger partial charge in [-0.25, -0.2) is 8.78 Å². The molecule has 100 valence electrons. The molecule has 0 heterocycles. The van der Waals surface area contributed by atoms with Crippen LogP contribution in [0.3, 0.4) is 0 Å². The van der Waals surface area contributed by atoms with Crippen LogP contribution in [-0.2, 0) is 6.42 Å². The summed E-state index contributed by atoms with van der Waals surface area (Å²) in [5, 5.41) is 3.17. The molecular weight excluding hydrogens is 244 g/mol. The lowest BCUT2D eigenvalue weighted by molar-refractivity contribution is 0.486. The standard InChI is InChI=1S/C16H17F2N/c1-11-6-3-4-8-13(11)15(19-2)10-12-7-5-9-14(17)16(12)18/h3-9,15,19H,10H2,1-2H3. The lowest BCUT2D eigenvalue weighted by Crippen LogP contribution is -2.20. The maximum atomic E-state index is 13.7. The molecule has 0 aliphatic heterocycles. The van der Waals surface area contributed by atoms with Gasteiger partial charge in [-0.3, -0.25) is 0 Å². The Bertz CT molecular complexity index is 566. The second-order valence-corrected chi connectivity index (χ2v) is 4.61. The fourth-order valence-corrected chi connectivity index (χ4v) is 2.27. The fourth-order valence-electron chi connectivity index (χ4n) is 2.27. The van der Waals surface area contributed by atoms with E-state index in [0.29, 0.717) is 12.0 Å². The molecule has 0 saturated carbocycles. The summed E-state index contributed by atoms with van der Waals surface area (Å²) in [5.41, 5.74) is 2.63. The van der Waals surface area contributed by atoms with Crippen molar-refractivity contribution < 1.29 is 8.78 Å². The molecule has 2 rings (SSSR count). The molecule has 3 heteroatoms. The van der Waals surface area contributed by atoms with Crippen LogP contribution >= 0.6 is 0 Å². The maximum Gasteiger partial charge on any atom is 0.162 e. The van der Waals surface area contributed by atoms with E-state index in [1.54, 1.807) is 6.07 Å². The van der Waals surface area contributed by atoms with Gasteiger partial charge < -0.3 is 5.32 Å². The molecule has 0 aromatic heterocycles. The minimum atomic E-state index is -0.794. The number of hydrogen-bond donors (Lipinski definition) is 1. The lowest BCUT2D eigenvalue weighted by Gasteiger charge is -2.19. The van der Waals surface area contributed by atoms with Gasteiger partial charge in [-0.05, 0) is 43.1 Å². The van der Waals surface area contributed by atoms with E-state index in [-0.39, 0.29) is 6.04 Å². The van der Waals surface area contributed by atoms with Crippen LogP contribution in [0, 0.1) is 18.6 Å². The predicted octanol–water partition coefficient (Wildman–Crippen LogP) is 3.78. The van der Waals surface area contributed by atoms with E-state index in [1.807, 2.05) is 38.2 Å². The SMILES string of the molecule is CNC(Cc1cccc(F)c1F)c1ccccc1C. The monoisotopic (exact) mass is 261 g/mol. The molecule has 0 bridgehead atoms. The Balaban J connectivity index is 2.30. The minimum absolute atomic E-state index is 0.0301. The van der Waals surface area contributed by atoms with E-state index in [0.717, 1.165) is 17.2 Å². The van der Waals surface area contributed by atoms with Gasteiger partial charge in [-0.2, -0.15) is 0 Å². The number of rotatable bonds is 4. The molecule has 0 radical (unpaired) electrons. The molecule has 1 unspecified atom stereocenters. The average molecular weight is 261 g/mol. The van der Waals surface area contributed by atoms with Crippen molar-refractivity contribution in [2.45, 2.75) is 19.4 Å². The van der Waals surface area contributed by atoms with Crippen molar-refractivity contribution in [3.05, 3.63) is 70.8 Å². The van der Waals surface area contributed by atoms with E-state index >= 15 is 0 Å². The lowest BCUT2D eigenvalue weighted by atomic mass is 9.95. The molecule has 2 aromatic rings. The fraction of sp³-hybridized carbons (Fsp3) is 0.250. The molecule has 0 saturated heterocycles. The van der Waals surface area contributed by atoms with E-state index in [4.69, 9.17) is 0 Å². The van der Waals surface area contributed by atoms with Crippen LogP contribution in [0.1, 0.15) is 22.7 Å². The molecule has 0 aliphatic rings. The van der Waals surface area contributed by atoms with Crippen molar-refractivity contribution in [3.63, 3.8) is 0 Å². The maximum absolute atomic E-state index is 13.7. The number of benzene rings is 2. The number of aryl methyl sites for hydroxylation is 1. The molecule has 0 amide bonds. The summed E-state index contributed by atoms with van der Waals surface area (Å²) in [6.45, 7) is 2.02.